The summed E-state index contributed by atoms with van der Waals surface area (Å²) >= 11 is 6.21. The topological polar surface area (TPSA) is 69.7 Å². The van der Waals surface area contributed by atoms with Crippen molar-refractivity contribution in [1.29, 1.82) is 0 Å². The lowest BCUT2D eigenvalue weighted by molar-refractivity contribution is -0.127. The number of para-hydroxylation sites is 1. The fourth-order valence-electron chi connectivity index (χ4n) is 6.47. The molecule has 3 aliphatic heterocycles. The molecule has 0 unspecified atom stereocenters. The minimum Gasteiger partial charge on any atom is -0.324 e. The number of imide groups is 1. The molecule has 0 saturated carbocycles. The van der Waals surface area contributed by atoms with Crippen molar-refractivity contribution in [1.82, 2.24) is 4.90 Å². The van der Waals surface area contributed by atoms with Gasteiger partial charge in [0.05, 0.1) is 11.1 Å². The average molecular weight is 486 g/mol. The van der Waals surface area contributed by atoms with Gasteiger partial charge in [0.1, 0.15) is 5.54 Å². The van der Waals surface area contributed by atoms with Gasteiger partial charge in [-0.3, -0.25) is 19.3 Å². The second-order valence-corrected chi connectivity index (χ2v) is 10.2. The van der Waals surface area contributed by atoms with E-state index in [1.807, 2.05) is 67.4 Å². The van der Waals surface area contributed by atoms with Crippen molar-refractivity contribution in [3.63, 3.8) is 0 Å². The van der Waals surface area contributed by atoms with E-state index in [9.17, 15) is 14.4 Å². The third-order valence-electron chi connectivity index (χ3n) is 7.86. The fourth-order valence-corrected chi connectivity index (χ4v) is 6.60. The van der Waals surface area contributed by atoms with Crippen LogP contribution in [0.3, 0.4) is 0 Å². The Bertz CT molecular complexity index is 1390. The van der Waals surface area contributed by atoms with Crippen molar-refractivity contribution in [3.05, 3.63) is 94.5 Å². The number of hydrogen-bond acceptors (Lipinski definition) is 4. The highest BCUT2D eigenvalue weighted by Crippen LogP contribution is 2.64. The summed E-state index contributed by atoms with van der Waals surface area (Å²) in [5.41, 5.74) is 1.70. The van der Waals surface area contributed by atoms with Crippen LogP contribution in [0.15, 0.2) is 72.8 Å². The monoisotopic (exact) mass is 485 g/mol. The van der Waals surface area contributed by atoms with Crippen LogP contribution in [-0.2, 0) is 19.9 Å². The molecule has 7 heteroatoms. The number of fused-ring (bicyclic) bond motifs is 2. The second kappa shape index (κ2) is 7.51. The molecule has 3 amide bonds. The Morgan fingerprint density at radius 1 is 0.943 bits per heavy atom. The first kappa shape index (κ1) is 22.0. The highest BCUT2D eigenvalue weighted by Gasteiger charge is 2.72. The number of likely N-dealkylation sites (tertiary alicyclic amines) is 1. The largest absolute Gasteiger partial charge is 0.324 e. The number of halogens is 1. The van der Waals surface area contributed by atoms with Crippen LogP contribution < -0.4 is 10.2 Å². The van der Waals surface area contributed by atoms with E-state index in [4.69, 9.17) is 11.6 Å². The van der Waals surface area contributed by atoms with Crippen LogP contribution in [0.25, 0.3) is 0 Å². The minimum atomic E-state index is -1.14. The molecular formula is C28H24ClN3O3. The summed E-state index contributed by atoms with van der Waals surface area (Å²) in [4.78, 5) is 44.9. The van der Waals surface area contributed by atoms with E-state index in [0.29, 0.717) is 10.7 Å². The van der Waals surface area contributed by atoms with Gasteiger partial charge in [-0.2, -0.15) is 0 Å². The molecule has 2 saturated heterocycles. The van der Waals surface area contributed by atoms with Crippen LogP contribution in [0, 0.1) is 12.3 Å². The summed E-state index contributed by atoms with van der Waals surface area (Å²) in [6, 6.07) is 22.3. The van der Waals surface area contributed by atoms with Crippen LogP contribution in [0.1, 0.15) is 29.0 Å². The molecule has 3 heterocycles. The molecule has 3 aromatic rings. The van der Waals surface area contributed by atoms with Crippen LogP contribution in [0.4, 0.5) is 11.4 Å². The quantitative estimate of drug-likeness (QED) is 0.543. The summed E-state index contributed by atoms with van der Waals surface area (Å²) in [5.74, 6) is -1.30. The van der Waals surface area contributed by atoms with E-state index in [2.05, 4.69) is 5.32 Å². The first-order chi connectivity index (χ1) is 16.8. The summed E-state index contributed by atoms with van der Waals surface area (Å²) in [5, 5.41) is 3.60. The smallest absolute Gasteiger partial charge is 0.250 e. The predicted molar refractivity (Wildman–Crippen MR) is 134 cm³/mol. The lowest BCUT2D eigenvalue weighted by Crippen LogP contribution is -2.49. The molecular weight excluding hydrogens is 462 g/mol. The zero-order valence-electron chi connectivity index (χ0n) is 19.4. The number of hydrogen-bond donors (Lipinski definition) is 1. The number of aryl methyl sites for hydroxylation is 1. The van der Waals surface area contributed by atoms with Gasteiger partial charge >= 0.3 is 0 Å². The molecule has 0 bridgehead atoms. The lowest BCUT2D eigenvalue weighted by atomic mass is 9.64. The molecule has 3 atom stereocenters. The Morgan fingerprint density at radius 3 is 2.34 bits per heavy atom. The number of benzene rings is 3. The zero-order valence-corrected chi connectivity index (χ0v) is 20.2. The highest BCUT2D eigenvalue weighted by molar-refractivity contribution is 6.30. The molecule has 2 spiro atoms. The molecule has 0 radical (unpaired) electrons. The molecule has 2 fully saturated rings. The third kappa shape index (κ3) is 2.84. The van der Waals surface area contributed by atoms with Crippen LogP contribution in [0.2, 0.25) is 5.02 Å². The molecule has 176 valence electrons. The normalized spacial score (nSPS) is 27.8. The molecule has 3 aliphatic rings. The highest BCUT2D eigenvalue weighted by atomic mass is 35.5. The standard InChI is InChI=1S/C28H24ClN3O3/c1-17-7-13-20(14-8-17)32-23(33)15-27(26(32)35)16-31(2)28(24(27)18-9-11-19(29)12-10-18)21-5-3-4-6-22(21)30-25(28)34/h3-14,24H,15-16H2,1-2H3,(H,30,34)/t24-,27+,28+/m0/s1. The number of anilines is 2. The average Bonchev–Trinajstić information content (AvgIpc) is 3.37. The van der Waals surface area contributed by atoms with Crippen LogP contribution >= 0.6 is 11.6 Å². The molecule has 3 aromatic carbocycles. The van der Waals surface area contributed by atoms with E-state index in [1.54, 1.807) is 24.3 Å². The van der Waals surface area contributed by atoms with E-state index in [0.717, 1.165) is 22.4 Å². The molecule has 1 N–H and O–H groups in total. The van der Waals surface area contributed by atoms with E-state index < -0.39 is 16.9 Å². The molecule has 6 rings (SSSR count). The maximum absolute atomic E-state index is 14.3. The second-order valence-electron chi connectivity index (χ2n) is 9.81. The number of likely N-dealkylation sites (N-methyl/N-ethyl adjacent to an activating group) is 1. The van der Waals surface area contributed by atoms with Crippen molar-refractivity contribution in [2.45, 2.75) is 24.8 Å². The number of nitrogens with zero attached hydrogens (tertiary/aromatic N) is 2. The van der Waals surface area contributed by atoms with E-state index in [-0.39, 0.29) is 30.7 Å². The van der Waals surface area contributed by atoms with Crippen LogP contribution in [0.5, 0.6) is 0 Å². The van der Waals surface area contributed by atoms with Crippen LogP contribution in [-0.4, -0.2) is 36.2 Å². The van der Waals surface area contributed by atoms with Crippen molar-refractivity contribution in [2.24, 2.45) is 5.41 Å². The van der Waals surface area contributed by atoms with Gasteiger partial charge in [0.15, 0.2) is 0 Å². The Labute approximate surface area is 208 Å². The maximum Gasteiger partial charge on any atom is 0.250 e. The first-order valence-corrected chi connectivity index (χ1v) is 12.0. The molecule has 0 aromatic heterocycles. The summed E-state index contributed by atoms with van der Waals surface area (Å²) in [7, 11) is 1.87. The zero-order chi connectivity index (χ0) is 24.5. The van der Waals surface area contributed by atoms with Gasteiger partial charge in [-0.25, -0.2) is 4.90 Å². The van der Waals surface area contributed by atoms with Gasteiger partial charge in [-0.05, 0) is 49.9 Å². The summed E-state index contributed by atoms with van der Waals surface area (Å²) < 4.78 is 0. The van der Waals surface area contributed by atoms with Crippen molar-refractivity contribution in [2.75, 3.05) is 23.8 Å². The Morgan fingerprint density at radius 2 is 1.63 bits per heavy atom. The fraction of sp³-hybridized carbons (Fsp3) is 0.250. The predicted octanol–water partition coefficient (Wildman–Crippen LogP) is 4.47. The van der Waals surface area contributed by atoms with E-state index in [1.165, 1.54) is 4.90 Å². The van der Waals surface area contributed by atoms with Gasteiger partial charge in [-0.1, -0.05) is 59.6 Å². The van der Waals surface area contributed by atoms with Crippen molar-refractivity contribution >= 4 is 40.7 Å². The number of carbonyl (C=O) groups is 3. The molecule has 6 nitrogen and oxygen atoms in total. The molecule has 0 aliphatic carbocycles. The Kier molecular flexibility index (Phi) is 4.72. The van der Waals surface area contributed by atoms with Gasteiger partial charge in [0.25, 0.3) is 0 Å². The minimum absolute atomic E-state index is 0.0224. The lowest BCUT2D eigenvalue weighted by Gasteiger charge is -2.38. The number of carbonyl (C=O) groups excluding carboxylic acids is 3. The Balaban J connectivity index is 1.58. The SMILES string of the molecule is Cc1ccc(N2C(=O)C[C@]3(CN(C)[C@@]4(C(=O)Nc5ccccc54)[C@H]3c3ccc(Cl)cc3)C2=O)cc1. The number of rotatable bonds is 2. The summed E-state index contributed by atoms with van der Waals surface area (Å²) in [6.07, 6.45) is 0.0224. The van der Waals surface area contributed by atoms with Crippen molar-refractivity contribution < 1.29 is 14.4 Å². The van der Waals surface area contributed by atoms with E-state index >= 15 is 0 Å². The Hall–Kier alpha value is -3.48. The molecule has 35 heavy (non-hydrogen) atoms. The third-order valence-corrected chi connectivity index (χ3v) is 8.12. The van der Waals surface area contributed by atoms with Gasteiger partial charge in [0.2, 0.25) is 17.7 Å². The van der Waals surface area contributed by atoms with Gasteiger partial charge in [0, 0.05) is 35.2 Å². The number of nitrogens with one attached hydrogen (secondary N) is 1. The maximum atomic E-state index is 14.3. The van der Waals surface area contributed by atoms with Crippen molar-refractivity contribution in [3.8, 4) is 0 Å². The van der Waals surface area contributed by atoms with Gasteiger partial charge in [-0.15, -0.1) is 0 Å². The number of amides is 3. The van der Waals surface area contributed by atoms with Gasteiger partial charge < -0.3 is 5.32 Å². The summed E-state index contributed by atoms with van der Waals surface area (Å²) in [6.45, 7) is 2.23. The first-order valence-electron chi connectivity index (χ1n) is 11.6.